The fourth-order valence-corrected chi connectivity index (χ4v) is 3.07. The molecule has 19 heavy (non-hydrogen) atoms. The van der Waals surface area contributed by atoms with E-state index in [4.69, 9.17) is 0 Å². The van der Waals surface area contributed by atoms with Gasteiger partial charge in [0.15, 0.2) is 0 Å². The van der Waals surface area contributed by atoms with E-state index >= 15 is 0 Å². The molecule has 0 spiro atoms. The zero-order valence-electron chi connectivity index (χ0n) is 11.4. The lowest BCUT2D eigenvalue weighted by atomic mass is 9.89. The molecular formula is C14H21BrClFN2. The lowest BCUT2D eigenvalue weighted by molar-refractivity contribution is 0.201. The Morgan fingerprint density at radius 2 is 2.21 bits per heavy atom. The Morgan fingerprint density at radius 1 is 1.47 bits per heavy atom. The second-order valence-corrected chi connectivity index (χ2v) is 6.56. The van der Waals surface area contributed by atoms with E-state index in [1.807, 2.05) is 6.07 Å². The largest absolute Gasteiger partial charge is 0.316 e. The van der Waals surface area contributed by atoms with Gasteiger partial charge in [-0.3, -0.25) is 0 Å². The molecule has 2 rings (SSSR count). The Labute approximate surface area is 129 Å². The summed E-state index contributed by atoms with van der Waals surface area (Å²) in [5.74, 6) is -0.125. The van der Waals surface area contributed by atoms with E-state index in [0.717, 1.165) is 29.7 Å². The first-order valence-electron chi connectivity index (χ1n) is 6.32. The highest BCUT2D eigenvalue weighted by Gasteiger charge is 2.29. The Hall–Kier alpha value is -0.160. The molecule has 1 atom stereocenters. The molecule has 2 nitrogen and oxygen atoms in total. The Balaban J connectivity index is 0.00000180. The summed E-state index contributed by atoms with van der Waals surface area (Å²) in [6.07, 6.45) is 1.19. The van der Waals surface area contributed by atoms with Crippen LogP contribution in [0.3, 0.4) is 0 Å². The first-order chi connectivity index (χ1) is 8.48. The van der Waals surface area contributed by atoms with Crippen molar-refractivity contribution >= 4 is 28.3 Å². The van der Waals surface area contributed by atoms with Crippen molar-refractivity contribution < 1.29 is 4.39 Å². The van der Waals surface area contributed by atoms with Crippen LogP contribution in [-0.2, 0) is 6.54 Å². The number of rotatable bonds is 4. The molecule has 5 heteroatoms. The molecule has 1 aromatic rings. The summed E-state index contributed by atoms with van der Waals surface area (Å²) in [6, 6.07) is 5.12. The van der Waals surface area contributed by atoms with Crippen molar-refractivity contribution in [1.82, 2.24) is 10.2 Å². The molecule has 1 fully saturated rings. The van der Waals surface area contributed by atoms with Crippen LogP contribution in [0.1, 0.15) is 18.9 Å². The summed E-state index contributed by atoms with van der Waals surface area (Å²) in [4.78, 5) is 2.21. The third kappa shape index (κ3) is 4.71. The van der Waals surface area contributed by atoms with E-state index < -0.39 is 0 Å². The monoisotopic (exact) mass is 350 g/mol. The second-order valence-electron chi connectivity index (χ2n) is 5.65. The fourth-order valence-electron chi connectivity index (χ4n) is 2.67. The van der Waals surface area contributed by atoms with Gasteiger partial charge in [0.25, 0.3) is 0 Å². The molecule has 1 aliphatic heterocycles. The van der Waals surface area contributed by atoms with Crippen LogP contribution in [0.25, 0.3) is 0 Å². The molecule has 1 unspecified atom stereocenters. The first-order valence-corrected chi connectivity index (χ1v) is 7.11. The molecule has 108 valence electrons. The third-order valence-corrected chi connectivity index (χ3v) is 4.05. The van der Waals surface area contributed by atoms with E-state index in [1.54, 1.807) is 6.07 Å². The second kappa shape index (κ2) is 7.02. The number of hydrogen-bond acceptors (Lipinski definition) is 2. The standard InChI is InChI=1S/C14H20BrFN2.ClH/c1-14(5-6-17-9-14)10-18(2)8-11-7-12(15)3-4-13(11)16;/h3-4,7,17H,5-6,8-10H2,1-2H3;1H. The van der Waals surface area contributed by atoms with Crippen LogP contribution in [0, 0.1) is 11.2 Å². The third-order valence-electron chi connectivity index (χ3n) is 3.56. The highest BCUT2D eigenvalue weighted by atomic mass is 79.9. The number of benzene rings is 1. The highest BCUT2D eigenvalue weighted by Crippen LogP contribution is 2.26. The highest BCUT2D eigenvalue weighted by molar-refractivity contribution is 9.10. The van der Waals surface area contributed by atoms with Gasteiger partial charge in [0.05, 0.1) is 0 Å². The van der Waals surface area contributed by atoms with Gasteiger partial charge in [-0.2, -0.15) is 0 Å². The predicted molar refractivity (Wildman–Crippen MR) is 83.3 cm³/mol. The smallest absolute Gasteiger partial charge is 0.127 e. The van der Waals surface area contributed by atoms with Crippen molar-refractivity contribution in [2.24, 2.45) is 5.41 Å². The molecule has 1 heterocycles. The average Bonchev–Trinajstić information content (AvgIpc) is 2.70. The molecule has 0 amide bonds. The average molecular weight is 352 g/mol. The predicted octanol–water partition coefficient (Wildman–Crippen LogP) is 3.44. The van der Waals surface area contributed by atoms with Crippen molar-refractivity contribution in [1.29, 1.82) is 0 Å². The van der Waals surface area contributed by atoms with Crippen molar-refractivity contribution in [3.05, 3.63) is 34.1 Å². The SMILES string of the molecule is CN(Cc1cc(Br)ccc1F)CC1(C)CCNC1.Cl. The zero-order chi connectivity index (χ0) is 13.2. The van der Waals surface area contributed by atoms with Gasteiger partial charge >= 0.3 is 0 Å². The molecule has 0 bridgehead atoms. The van der Waals surface area contributed by atoms with Crippen molar-refractivity contribution in [3.63, 3.8) is 0 Å². The summed E-state index contributed by atoms with van der Waals surface area (Å²) < 4.78 is 14.6. The lowest BCUT2D eigenvalue weighted by Gasteiger charge is -2.29. The van der Waals surface area contributed by atoms with Gasteiger partial charge in [0.2, 0.25) is 0 Å². The molecule has 0 aromatic heterocycles. The fraction of sp³-hybridized carbons (Fsp3) is 0.571. The van der Waals surface area contributed by atoms with Crippen LogP contribution in [0.4, 0.5) is 4.39 Å². The maximum Gasteiger partial charge on any atom is 0.127 e. The normalized spacial score (nSPS) is 22.6. The van der Waals surface area contributed by atoms with E-state index in [9.17, 15) is 4.39 Å². The quantitative estimate of drug-likeness (QED) is 0.894. The Bertz CT molecular complexity index is 422. The molecule has 0 aliphatic carbocycles. The molecule has 1 N–H and O–H groups in total. The van der Waals surface area contributed by atoms with E-state index in [1.165, 1.54) is 12.5 Å². The van der Waals surface area contributed by atoms with Crippen molar-refractivity contribution in [3.8, 4) is 0 Å². The minimum atomic E-state index is -0.125. The van der Waals surface area contributed by atoms with Gasteiger partial charge in [-0.25, -0.2) is 4.39 Å². The van der Waals surface area contributed by atoms with Crippen LogP contribution in [0.5, 0.6) is 0 Å². The number of nitrogens with zero attached hydrogens (tertiary/aromatic N) is 1. The maximum atomic E-state index is 13.7. The van der Waals surface area contributed by atoms with Crippen LogP contribution in [-0.4, -0.2) is 31.6 Å². The van der Waals surface area contributed by atoms with Crippen molar-refractivity contribution in [2.45, 2.75) is 19.9 Å². The number of nitrogens with one attached hydrogen (secondary N) is 1. The minimum Gasteiger partial charge on any atom is -0.316 e. The summed E-state index contributed by atoms with van der Waals surface area (Å²) in [6.45, 7) is 6.08. The van der Waals surface area contributed by atoms with E-state index in [2.05, 4.69) is 40.1 Å². The van der Waals surface area contributed by atoms with Crippen LogP contribution in [0.15, 0.2) is 22.7 Å². The Kier molecular flexibility index (Phi) is 6.24. The van der Waals surface area contributed by atoms with Gasteiger partial charge in [-0.1, -0.05) is 22.9 Å². The summed E-state index contributed by atoms with van der Waals surface area (Å²) in [5.41, 5.74) is 1.07. The Morgan fingerprint density at radius 3 is 2.84 bits per heavy atom. The molecule has 1 aliphatic rings. The van der Waals surface area contributed by atoms with Crippen LogP contribution >= 0.6 is 28.3 Å². The molecule has 0 saturated carbocycles. The zero-order valence-corrected chi connectivity index (χ0v) is 13.8. The van der Waals surface area contributed by atoms with E-state index in [0.29, 0.717) is 12.0 Å². The van der Waals surface area contributed by atoms with Crippen LogP contribution in [0.2, 0.25) is 0 Å². The van der Waals surface area contributed by atoms with Crippen molar-refractivity contribution in [2.75, 3.05) is 26.7 Å². The molecule has 1 aromatic carbocycles. The number of hydrogen-bond donors (Lipinski definition) is 1. The topological polar surface area (TPSA) is 15.3 Å². The van der Waals surface area contributed by atoms with Gasteiger partial charge in [0, 0.05) is 29.7 Å². The van der Waals surface area contributed by atoms with Gasteiger partial charge in [-0.15, -0.1) is 12.4 Å². The van der Waals surface area contributed by atoms with E-state index in [-0.39, 0.29) is 18.2 Å². The van der Waals surface area contributed by atoms with Gasteiger partial charge < -0.3 is 10.2 Å². The van der Waals surface area contributed by atoms with Gasteiger partial charge in [-0.05, 0) is 43.6 Å². The minimum absolute atomic E-state index is 0. The molecule has 1 saturated heterocycles. The summed E-state index contributed by atoms with van der Waals surface area (Å²) in [5, 5.41) is 3.39. The van der Waals surface area contributed by atoms with Gasteiger partial charge in [0.1, 0.15) is 5.82 Å². The number of halogens is 3. The molecular weight excluding hydrogens is 331 g/mol. The molecule has 0 radical (unpaired) electrons. The summed E-state index contributed by atoms with van der Waals surface area (Å²) >= 11 is 3.39. The lowest BCUT2D eigenvalue weighted by Crippen LogP contribution is -2.34. The maximum absolute atomic E-state index is 13.7. The first kappa shape index (κ1) is 16.9. The summed E-state index contributed by atoms with van der Waals surface area (Å²) in [7, 11) is 2.06. The van der Waals surface area contributed by atoms with Crippen LogP contribution < -0.4 is 5.32 Å².